The van der Waals surface area contributed by atoms with Gasteiger partial charge in [-0.15, -0.1) is 0 Å². The van der Waals surface area contributed by atoms with Crippen LogP contribution in [0.2, 0.25) is 0 Å². The van der Waals surface area contributed by atoms with Crippen LogP contribution in [0.15, 0.2) is 42.5 Å². The van der Waals surface area contributed by atoms with Crippen LogP contribution in [0.25, 0.3) is 0 Å². The molecule has 0 radical (unpaired) electrons. The van der Waals surface area contributed by atoms with E-state index in [0.29, 0.717) is 44.6 Å². The normalized spacial score (nSPS) is 25.8. The van der Waals surface area contributed by atoms with Gasteiger partial charge in [-0.05, 0) is 38.0 Å². The van der Waals surface area contributed by atoms with Crippen molar-refractivity contribution in [2.75, 3.05) is 19.8 Å². The third kappa shape index (κ3) is 4.31. The van der Waals surface area contributed by atoms with Gasteiger partial charge in [-0.3, -0.25) is 4.79 Å². The molecule has 0 amide bonds. The lowest BCUT2D eigenvalue weighted by Gasteiger charge is -2.34. The van der Waals surface area contributed by atoms with Gasteiger partial charge >= 0.3 is 11.9 Å². The molecule has 1 saturated heterocycles. The van der Waals surface area contributed by atoms with Crippen LogP contribution < -0.4 is 0 Å². The van der Waals surface area contributed by atoms with E-state index in [1.165, 1.54) is 0 Å². The van der Waals surface area contributed by atoms with E-state index in [4.69, 9.17) is 18.9 Å². The summed E-state index contributed by atoms with van der Waals surface area (Å²) in [6.07, 6.45) is 4.25. The first-order valence-corrected chi connectivity index (χ1v) is 8.99. The van der Waals surface area contributed by atoms with Gasteiger partial charge in [0, 0.05) is 6.42 Å². The minimum absolute atomic E-state index is 0.289. The molecule has 6 nitrogen and oxygen atoms in total. The molecule has 0 bridgehead atoms. The summed E-state index contributed by atoms with van der Waals surface area (Å²) < 4.78 is 21.8. The van der Waals surface area contributed by atoms with Gasteiger partial charge in [0.05, 0.1) is 30.8 Å². The third-order valence-electron chi connectivity index (χ3n) is 4.68. The van der Waals surface area contributed by atoms with Gasteiger partial charge in [0.15, 0.2) is 6.29 Å². The first kappa shape index (κ1) is 18.6. The molecule has 1 aliphatic carbocycles. The fourth-order valence-corrected chi connectivity index (χ4v) is 3.27. The Morgan fingerprint density at radius 1 is 1.19 bits per heavy atom. The van der Waals surface area contributed by atoms with Crippen molar-refractivity contribution in [2.45, 2.75) is 38.6 Å². The Labute approximate surface area is 153 Å². The fourth-order valence-electron chi connectivity index (χ4n) is 3.27. The summed E-state index contributed by atoms with van der Waals surface area (Å²) in [4.78, 5) is 24.8. The Kier molecular flexibility index (Phi) is 6.06. The molecular weight excluding hydrogens is 336 g/mol. The Bertz CT molecular complexity index is 650. The summed E-state index contributed by atoms with van der Waals surface area (Å²) >= 11 is 0. The summed E-state index contributed by atoms with van der Waals surface area (Å²) in [6.45, 7) is 3.16. The van der Waals surface area contributed by atoms with E-state index in [0.717, 1.165) is 0 Å². The Morgan fingerprint density at radius 3 is 2.54 bits per heavy atom. The summed E-state index contributed by atoms with van der Waals surface area (Å²) in [7, 11) is 0. The van der Waals surface area contributed by atoms with Crippen molar-refractivity contribution in [3.05, 3.63) is 48.0 Å². The molecule has 140 valence electrons. The number of carbonyl (C=O) groups excluding carboxylic acids is 2. The number of carbonyl (C=O) groups is 2. The average molecular weight is 360 g/mol. The van der Waals surface area contributed by atoms with E-state index in [9.17, 15) is 9.59 Å². The Hall–Kier alpha value is -2.18. The minimum Gasteiger partial charge on any atom is -0.465 e. The lowest BCUT2D eigenvalue weighted by Crippen LogP contribution is -2.39. The second-order valence-electron chi connectivity index (χ2n) is 6.46. The molecule has 0 aromatic heterocycles. The Balaban J connectivity index is 1.68. The van der Waals surface area contributed by atoms with Gasteiger partial charge in [0.2, 0.25) is 0 Å². The van der Waals surface area contributed by atoms with E-state index in [1.807, 2.05) is 6.07 Å². The third-order valence-corrected chi connectivity index (χ3v) is 4.68. The number of benzene rings is 1. The zero-order valence-electron chi connectivity index (χ0n) is 14.9. The van der Waals surface area contributed by atoms with Crippen molar-refractivity contribution >= 4 is 11.9 Å². The maximum atomic E-state index is 12.6. The van der Waals surface area contributed by atoms with Crippen LogP contribution in [0, 0.1) is 5.41 Å². The van der Waals surface area contributed by atoms with Crippen LogP contribution in [0.4, 0.5) is 0 Å². The second-order valence-corrected chi connectivity index (χ2v) is 6.46. The lowest BCUT2D eigenvalue weighted by atomic mass is 9.75. The number of ether oxygens (including phenoxy) is 4. The highest BCUT2D eigenvalue weighted by Gasteiger charge is 2.43. The number of esters is 2. The molecule has 1 aromatic carbocycles. The van der Waals surface area contributed by atoms with Crippen molar-refractivity contribution in [3.63, 3.8) is 0 Å². The van der Waals surface area contributed by atoms with E-state index >= 15 is 0 Å². The zero-order chi connectivity index (χ0) is 18.4. The first-order valence-electron chi connectivity index (χ1n) is 8.99. The fraction of sp³-hybridized carbons (Fsp3) is 0.500. The first-order chi connectivity index (χ1) is 12.6. The smallest absolute Gasteiger partial charge is 0.338 e. The second kappa shape index (κ2) is 8.47. The molecule has 2 unspecified atom stereocenters. The summed E-state index contributed by atoms with van der Waals surface area (Å²) in [5.41, 5.74) is -0.295. The topological polar surface area (TPSA) is 71.1 Å². The molecule has 1 aromatic rings. The zero-order valence-corrected chi connectivity index (χ0v) is 14.9. The van der Waals surface area contributed by atoms with E-state index in [1.54, 1.807) is 43.3 Å². The SMILES string of the molecule is CCOC(=O)C1(CC2OCCO2)C=CC(OC(=O)c2ccccc2)CC1. The molecule has 1 fully saturated rings. The quantitative estimate of drug-likeness (QED) is 0.574. The van der Waals surface area contributed by atoms with Crippen molar-refractivity contribution in [1.29, 1.82) is 0 Å². The van der Waals surface area contributed by atoms with Gasteiger partial charge in [0.25, 0.3) is 0 Å². The number of rotatable bonds is 6. The van der Waals surface area contributed by atoms with E-state index in [-0.39, 0.29) is 18.0 Å². The molecule has 3 rings (SSSR count). The maximum Gasteiger partial charge on any atom is 0.338 e. The predicted octanol–water partition coefficient (Wildman–Crippen LogP) is 2.87. The number of hydrogen-bond donors (Lipinski definition) is 0. The summed E-state index contributed by atoms with van der Waals surface area (Å²) in [6, 6.07) is 8.86. The minimum atomic E-state index is -0.805. The van der Waals surface area contributed by atoms with Crippen molar-refractivity contribution < 1.29 is 28.5 Å². The van der Waals surface area contributed by atoms with Gasteiger partial charge in [-0.1, -0.05) is 24.3 Å². The van der Waals surface area contributed by atoms with Gasteiger partial charge in [0.1, 0.15) is 6.10 Å². The Morgan fingerprint density at radius 2 is 1.92 bits per heavy atom. The molecule has 2 atom stereocenters. The van der Waals surface area contributed by atoms with Crippen LogP contribution in [-0.2, 0) is 23.7 Å². The maximum absolute atomic E-state index is 12.6. The van der Waals surface area contributed by atoms with Crippen LogP contribution in [0.5, 0.6) is 0 Å². The highest BCUT2D eigenvalue weighted by molar-refractivity contribution is 5.89. The van der Waals surface area contributed by atoms with E-state index < -0.39 is 11.7 Å². The van der Waals surface area contributed by atoms with Crippen molar-refractivity contribution in [2.24, 2.45) is 5.41 Å². The summed E-state index contributed by atoms with van der Waals surface area (Å²) in [5, 5.41) is 0. The monoisotopic (exact) mass is 360 g/mol. The van der Waals surface area contributed by atoms with Crippen LogP contribution in [0.3, 0.4) is 0 Å². The molecule has 26 heavy (non-hydrogen) atoms. The predicted molar refractivity (Wildman–Crippen MR) is 93.4 cm³/mol. The molecule has 0 N–H and O–H groups in total. The highest BCUT2D eigenvalue weighted by atomic mass is 16.7. The summed E-state index contributed by atoms with van der Waals surface area (Å²) in [5.74, 6) is -0.658. The van der Waals surface area contributed by atoms with Crippen molar-refractivity contribution in [3.8, 4) is 0 Å². The molecule has 0 saturated carbocycles. The highest BCUT2D eigenvalue weighted by Crippen LogP contribution is 2.39. The molecule has 6 heteroatoms. The lowest BCUT2D eigenvalue weighted by molar-refractivity contribution is -0.159. The van der Waals surface area contributed by atoms with Crippen LogP contribution in [0.1, 0.15) is 36.5 Å². The van der Waals surface area contributed by atoms with Gasteiger partial charge in [-0.25, -0.2) is 4.79 Å². The van der Waals surface area contributed by atoms with Gasteiger partial charge < -0.3 is 18.9 Å². The molecule has 0 spiro atoms. The number of hydrogen-bond acceptors (Lipinski definition) is 6. The van der Waals surface area contributed by atoms with Crippen LogP contribution in [-0.4, -0.2) is 44.2 Å². The molecular formula is C20H24O6. The van der Waals surface area contributed by atoms with E-state index in [2.05, 4.69) is 0 Å². The molecule has 1 aliphatic heterocycles. The largest absolute Gasteiger partial charge is 0.465 e. The molecule has 2 aliphatic rings. The standard InChI is InChI=1S/C20H24O6/c1-2-23-19(22)20(14-17-24-12-13-25-17)10-8-16(9-11-20)26-18(21)15-6-4-3-5-7-15/h3-8,10,16-17H,2,9,11-14H2,1H3. The molecule has 1 heterocycles. The average Bonchev–Trinajstić information content (AvgIpc) is 3.17. The van der Waals surface area contributed by atoms with Crippen LogP contribution >= 0.6 is 0 Å². The van der Waals surface area contributed by atoms with Gasteiger partial charge in [-0.2, -0.15) is 0 Å². The van der Waals surface area contributed by atoms with Crippen molar-refractivity contribution in [1.82, 2.24) is 0 Å².